The van der Waals surface area contributed by atoms with Crippen molar-refractivity contribution in [3.05, 3.63) is 47.5 Å². The highest BCUT2D eigenvalue weighted by atomic mass is 19.3. The summed E-state index contributed by atoms with van der Waals surface area (Å²) in [5.41, 5.74) is 2.66. The zero-order chi connectivity index (χ0) is 18.8. The Bertz CT molecular complexity index is 855. The van der Waals surface area contributed by atoms with E-state index in [1.54, 1.807) is 18.0 Å². The van der Waals surface area contributed by atoms with E-state index in [4.69, 9.17) is 9.47 Å². The number of fused-ring (bicyclic) bond motifs is 1. The van der Waals surface area contributed by atoms with Crippen LogP contribution < -0.4 is 19.1 Å². The number of anilines is 1. The molecule has 2 aromatic rings. The molecule has 3 rings (SSSR count). The molecule has 1 amide bonds. The van der Waals surface area contributed by atoms with Crippen LogP contribution in [0.2, 0.25) is 0 Å². The van der Waals surface area contributed by atoms with Crippen LogP contribution in [-0.2, 0) is 4.79 Å². The quantitative estimate of drug-likeness (QED) is 0.760. The Kier molecular flexibility index (Phi) is 4.79. The molecule has 0 spiro atoms. The first-order valence-electron chi connectivity index (χ1n) is 7.76. The first-order valence-corrected chi connectivity index (χ1v) is 7.76. The fourth-order valence-corrected chi connectivity index (χ4v) is 2.89. The highest BCUT2D eigenvalue weighted by Crippen LogP contribution is 2.42. The first kappa shape index (κ1) is 17.7. The molecular formula is C19H17F2NO4. The Hall–Kier alpha value is -3.09. The second-order valence-electron chi connectivity index (χ2n) is 5.57. The van der Waals surface area contributed by atoms with E-state index in [-0.39, 0.29) is 23.2 Å². The van der Waals surface area contributed by atoms with Gasteiger partial charge in [-0.3, -0.25) is 4.79 Å². The fraction of sp³-hybridized carbons (Fsp3) is 0.211. The third-order valence-corrected chi connectivity index (χ3v) is 4.09. The van der Waals surface area contributed by atoms with Gasteiger partial charge in [-0.05, 0) is 29.8 Å². The van der Waals surface area contributed by atoms with Crippen LogP contribution in [0.3, 0.4) is 0 Å². The molecule has 0 atom stereocenters. The molecule has 0 unspecified atom stereocenters. The molecule has 0 bridgehead atoms. The molecule has 0 radical (unpaired) electrons. The predicted molar refractivity (Wildman–Crippen MR) is 93.9 cm³/mol. The smallest absolute Gasteiger partial charge is 0.387 e. The van der Waals surface area contributed by atoms with Gasteiger partial charge in [0.05, 0.1) is 19.9 Å². The predicted octanol–water partition coefficient (Wildman–Crippen LogP) is 3.82. The molecule has 0 fully saturated rings. The van der Waals surface area contributed by atoms with Gasteiger partial charge in [0.25, 0.3) is 5.91 Å². The highest BCUT2D eigenvalue weighted by Gasteiger charge is 2.29. The maximum Gasteiger partial charge on any atom is 0.387 e. The van der Waals surface area contributed by atoms with Gasteiger partial charge in [0.1, 0.15) is 0 Å². The minimum absolute atomic E-state index is 0.0867. The van der Waals surface area contributed by atoms with Crippen molar-refractivity contribution in [1.82, 2.24) is 0 Å². The van der Waals surface area contributed by atoms with Gasteiger partial charge in [0, 0.05) is 18.2 Å². The van der Waals surface area contributed by atoms with Gasteiger partial charge in [-0.2, -0.15) is 8.78 Å². The van der Waals surface area contributed by atoms with Crippen LogP contribution in [0.1, 0.15) is 11.1 Å². The number of carbonyl (C=O) groups excluding carboxylic acids is 1. The van der Waals surface area contributed by atoms with Gasteiger partial charge in [-0.1, -0.05) is 18.2 Å². The van der Waals surface area contributed by atoms with E-state index in [1.807, 2.05) is 24.3 Å². The molecule has 0 saturated carbocycles. The lowest BCUT2D eigenvalue weighted by atomic mass is 10.0. The van der Waals surface area contributed by atoms with Gasteiger partial charge in [0.2, 0.25) is 5.75 Å². The summed E-state index contributed by atoms with van der Waals surface area (Å²) in [7, 11) is 4.38. The van der Waals surface area contributed by atoms with Crippen LogP contribution in [0.25, 0.3) is 11.6 Å². The average Bonchev–Trinajstić information content (AvgIpc) is 2.87. The molecule has 1 heterocycles. The van der Waals surface area contributed by atoms with Gasteiger partial charge in [-0.15, -0.1) is 0 Å². The van der Waals surface area contributed by atoms with Crippen molar-refractivity contribution in [2.45, 2.75) is 6.61 Å². The zero-order valence-electron chi connectivity index (χ0n) is 14.5. The highest BCUT2D eigenvalue weighted by molar-refractivity contribution is 6.35. The zero-order valence-corrected chi connectivity index (χ0v) is 14.5. The van der Waals surface area contributed by atoms with E-state index in [0.717, 1.165) is 11.3 Å². The summed E-state index contributed by atoms with van der Waals surface area (Å²) in [6.45, 7) is -3.01. The van der Waals surface area contributed by atoms with Crippen LogP contribution in [0.4, 0.5) is 14.5 Å². The van der Waals surface area contributed by atoms with Crippen molar-refractivity contribution >= 4 is 23.2 Å². The summed E-state index contributed by atoms with van der Waals surface area (Å²) in [6, 6.07) is 10.4. The summed E-state index contributed by atoms with van der Waals surface area (Å²) < 4.78 is 40.1. The number of rotatable bonds is 5. The van der Waals surface area contributed by atoms with Crippen molar-refractivity contribution in [3.63, 3.8) is 0 Å². The third kappa shape index (κ3) is 3.08. The van der Waals surface area contributed by atoms with Crippen LogP contribution in [-0.4, -0.2) is 33.8 Å². The third-order valence-electron chi connectivity index (χ3n) is 4.09. The summed E-state index contributed by atoms with van der Waals surface area (Å²) >= 11 is 0. The molecule has 136 valence electrons. The number of likely N-dealkylation sites (N-methyl/N-ethyl adjacent to an activating group) is 1. The van der Waals surface area contributed by atoms with Gasteiger partial charge >= 0.3 is 6.61 Å². The molecule has 0 aromatic heterocycles. The number of amides is 1. The normalized spacial score (nSPS) is 14.8. The van der Waals surface area contributed by atoms with E-state index < -0.39 is 6.61 Å². The van der Waals surface area contributed by atoms with Crippen molar-refractivity contribution in [3.8, 4) is 17.2 Å². The lowest BCUT2D eigenvalue weighted by Crippen LogP contribution is -2.20. The van der Waals surface area contributed by atoms with E-state index in [0.29, 0.717) is 11.1 Å². The van der Waals surface area contributed by atoms with Crippen LogP contribution in [0.15, 0.2) is 36.4 Å². The van der Waals surface area contributed by atoms with Gasteiger partial charge in [0.15, 0.2) is 11.5 Å². The number of alkyl halides is 2. The lowest BCUT2D eigenvalue weighted by molar-refractivity contribution is -0.112. The minimum atomic E-state index is -3.01. The monoisotopic (exact) mass is 361 g/mol. The second-order valence-corrected chi connectivity index (χ2v) is 5.57. The van der Waals surface area contributed by atoms with E-state index in [9.17, 15) is 13.6 Å². The SMILES string of the molecule is COc1cc(/C=C2\C(=O)N(C)c3ccccc32)cc(OC)c1OC(F)F. The molecule has 26 heavy (non-hydrogen) atoms. The number of nitrogens with zero attached hydrogens (tertiary/aromatic N) is 1. The van der Waals surface area contributed by atoms with Crippen LogP contribution >= 0.6 is 0 Å². The number of carbonyl (C=O) groups is 1. The van der Waals surface area contributed by atoms with Crippen molar-refractivity contribution in [1.29, 1.82) is 0 Å². The number of methoxy groups -OCH3 is 2. The summed E-state index contributed by atoms with van der Waals surface area (Å²) in [4.78, 5) is 14.1. The summed E-state index contributed by atoms with van der Waals surface area (Å²) in [6.07, 6.45) is 1.67. The molecule has 1 aliphatic rings. The van der Waals surface area contributed by atoms with Crippen LogP contribution in [0.5, 0.6) is 17.2 Å². The molecule has 0 aliphatic carbocycles. The second kappa shape index (κ2) is 7.03. The Morgan fingerprint density at radius 2 is 1.69 bits per heavy atom. The molecule has 2 aromatic carbocycles. The van der Waals surface area contributed by atoms with E-state index in [1.165, 1.54) is 26.4 Å². The number of ether oxygens (including phenoxy) is 3. The van der Waals surface area contributed by atoms with E-state index >= 15 is 0 Å². The Morgan fingerprint density at radius 3 is 2.27 bits per heavy atom. The maximum atomic E-state index is 12.6. The molecule has 0 saturated heterocycles. The Labute approximate surface area is 149 Å². The summed E-state index contributed by atoms with van der Waals surface area (Å²) in [5, 5.41) is 0. The van der Waals surface area contributed by atoms with Crippen molar-refractivity contribution in [2.75, 3.05) is 26.2 Å². The number of halogens is 2. The number of para-hydroxylation sites is 1. The standard InChI is InChI=1S/C19H17F2NO4/c1-22-14-7-5-4-6-12(14)13(18(22)23)8-11-9-15(24-2)17(26-19(20)21)16(10-11)25-3/h4-10,19H,1-3H3/b13-8-. The summed E-state index contributed by atoms with van der Waals surface area (Å²) in [5.74, 6) is -0.174. The first-order chi connectivity index (χ1) is 12.5. The molecule has 1 aliphatic heterocycles. The number of hydrogen-bond donors (Lipinski definition) is 0. The minimum Gasteiger partial charge on any atom is -0.493 e. The largest absolute Gasteiger partial charge is 0.493 e. The van der Waals surface area contributed by atoms with Crippen molar-refractivity contribution < 1.29 is 27.8 Å². The topological polar surface area (TPSA) is 48.0 Å². The Balaban J connectivity index is 2.11. The molecular weight excluding hydrogens is 344 g/mol. The maximum absolute atomic E-state index is 12.6. The fourth-order valence-electron chi connectivity index (χ4n) is 2.89. The van der Waals surface area contributed by atoms with Gasteiger partial charge in [-0.25, -0.2) is 0 Å². The molecule has 7 heteroatoms. The van der Waals surface area contributed by atoms with E-state index in [2.05, 4.69) is 4.74 Å². The Morgan fingerprint density at radius 1 is 1.08 bits per heavy atom. The molecule has 5 nitrogen and oxygen atoms in total. The van der Waals surface area contributed by atoms with Crippen molar-refractivity contribution in [2.24, 2.45) is 0 Å². The van der Waals surface area contributed by atoms with Crippen LogP contribution in [0, 0.1) is 0 Å². The lowest BCUT2D eigenvalue weighted by Gasteiger charge is -2.14. The average molecular weight is 361 g/mol. The van der Waals surface area contributed by atoms with Gasteiger partial charge < -0.3 is 19.1 Å². The number of hydrogen-bond acceptors (Lipinski definition) is 4. The molecule has 0 N–H and O–H groups in total. The number of benzene rings is 2.